The molecule has 0 aliphatic rings. The maximum Gasteiger partial charge on any atom is 0.183 e. The van der Waals surface area contributed by atoms with Crippen LogP contribution in [0.5, 0.6) is 0 Å². The summed E-state index contributed by atoms with van der Waals surface area (Å²) in [6, 6.07) is 4.18. The van der Waals surface area contributed by atoms with Crippen LogP contribution in [0.4, 0.5) is 0 Å². The van der Waals surface area contributed by atoms with Crippen LogP contribution in [0.2, 0.25) is 8.93 Å². The molecule has 0 aromatic carbocycles. The van der Waals surface area contributed by atoms with Crippen molar-refractivity contribution in [1.82, 2.24) is 9.97 Å². The summed E-state index contributed by atoms with van der Waals surface area (Å²) in [6.07, 6.45) is 3.77. The molecule has 2 heterocycles. The zero-order valence-electron chi connectivity index (χ0n) is 9.43. The molecular weight excluding hydrogens is 323 g/mol. The quantitative estimate of drug-likeness (QED) is 0.857. The van der Waals surface area contributed by atoms with Crippen LogP contribution in [0.15, 0.2) is 12.4 Å². The Hall–Kier alpha value is -1.18. The molecule has 2 rings (SSSR count). The second-order valence-corrected chi connectivity index (χ2v) is 7.21. The van der Waals surface area contributed by atoms with Crippen LogP contribution >= 0.6 is 45.9 Å². The number of halogens is 2. The lowest BCUT2D eigenvalue weighted by atomic mass is 9.83. The molecule has 0 unspecified atom stereocenters. The molecule has 8 heteroatoms. The van der Waals surface area contributed by atoms with Crippen LogP contribution in [-0.4, -0.2) is 9.97 Å². The van der Waals surface area contributed by atoms with E-state index in [0.717, 1.165) is 9.75 Å². The first-order valence-electron chi connectivity index (χ1n) is 5.10. The first-order valence-corrected chi connectivity index (χ1v) is 7.49. The van der Waals surface area contributed by atoms with E-state index in [1.54, 1.807) is 12.4 Å². The Kier molecular flexibility index (Phi) is 4.38. The predicted octanol–water partition coefficient (Wildman–Crippen LogP) is 3.73. The van der Waals surface area contributed by atoms with Crippen molar-refractivity contribution in [3.05, 3.63) is 31.1 Å². The van der Waals surface area contributed by atoms with Gasteiger partial charge in [-0.25, -0.2) is 9.97 Å². The molecule has 0 aliphatic heterocycles. The summed E-state index contributed by atoms with van der Waals surface area (Å²) < 4.78 is 0.807. The van der Waals surface area contributed by atoms with Crippen LogP contribution in [0.25, 0.3) is 0 Å². The van der Waals surface area contributed by atoms with E-state index >= 15 is 0 Å². The molecule has 2 aromatic rings. The van der Waals surface area contributed by atoms with Gasteiger partial charge in [0.05, 0.1) is 12.1 Å². The molecule has 0 aliphatic carbocycles. The van der Waals surface area contributed by atoms with Crippen LogP contribution in [0.3, 0.4) is 0 Å². The van der Waals surface area contributed by atoms with E-state index in [1.165, 1.54) is 22.7 Å². The molecule has 19 heavy (non-hydrogen) atoms. The molecule has 0 spiro atoms. The molecule has 0 N–H and O–H groups in total. The van der Waals surface area contributed by atoms with Crippen LogP contribution in [0, 0.1) is 28.1 Å². The average molecular weight is 329 g/mol. The number of aromatic nitrogens is 2. The minimum Gasteiger partial charge on any atom is -0.233 e. The summed E-state index contributed by atoms with van der Waals surface area (Å²) in [4.78, 5) is 9.45. The minimum absolute atomic E-state index is 0.292. The maximum absolute atomic E-state index is 9.34. The third-order valence-corrected chi connectivity index (χ3v) is 4.66. The van der Waals surface area contributed by atoms with Gasteiger partial charge in [-0.3, -0.25) is 0 Å². The number of nitrogens with zero attached hydrogens (tertiary/aromatic N) is 4. The van der Waals surface area contributed by atoms with Gasteiger partial charge in [0.15, 0.2) is 14.3 Å². The van der Waals surface area contributed by atoms with Gasteiger partial charge in [-0.2, -0.15) is 10.5 Å². The minimum atomic E-state index is -1.15. The number of hydrogen-bond donors (Lipinski definition) is 0. The summed E-state index contributed by atoms with van der Waals surface area (Å²) in [5.41, 5.74) is -1.15. The Labute approximate surface area is 127 Å². The van der Waals surface area contributed by atoms with Gasteiger partial charge < -0.3 is 0 Å². The molecule has 2 aromatic heterocycles. The van der Waals surface area contributed by atoms with Crippen molar-refractivity contribution in [1.29, 1.82) is 10.5 Å². The third kappa shape index (κ3) is 3.43. The first kappa shape index (κ1) is 14.2. The van der Waals surface area contributed by atoms with Crippen molar-refractivity contribution in [2.24, 2.45) is 5.41 Å². The fourth-order valence-corrected chi connectivity index (χ4v) is 3.75. The van der Waals surface area contributed by atoms with E-state index in [0.29, 0.717) is 21.8 Å². The normalized spacial score (nSPS) is 10.9. The van der Waals surface area contributed by atoms with Crippen molar-refractivity contribution >= 4 is 45.9 Å². The standard InChI is InChI=1S/C11H6Cl2N4S2/c12-9-16-3-7(18-9)1-11(5-14,6-15)2-8-4-17-10(13)19-8/h3-4H,1-2H2. The van der Waals surface area contributed by atoms with Gasteiger partial charge in [0.25, 0.3) is 0 Å². The lowest BCUT2D eigenvalue weighted by molar-refractivity contribution is 0.523. The summed E-state index contributed by atoms with van der Waals surface area (Å²) in [5, 5.41) is 18.7. The Balaban J connectivity index is 2.23. The van der Waals surface area contributed by atoms with Crippen LogP contribution < -0.4 is 0 Å². The molecule has 0 fully saturated rings. The lowest BCUT2D eigenvalue weighted by Gasteiger charge is -2.15. The number of rotatable bonds is 4. The van der Waals surface area contributed by atoms with Crippen molar-refractivity contribution in [2.45, 2.75) is 12.8 Å². The predicted molar refractivity (Wildman–Crippen MR) is 75.3 cm³/mol. The fourth-order valence-electron chi connectivity index (χ4n) is 1.57. The van der Waals surface area contributed by atoms with E-state index in [4.69, 9.17) is 23.2 Å². The van der Waals surface area contributed by atoms with E-state index in [9.17, 15) is 10.5 Å². The fraction of sp³-hybridized carbons (Fsp3) is 0.273. The van der Waals surface area contributed by atoms with Crippen LogP contribution in [-0.2, 0) is 12.8 Å². The first-order chi connectivity index (χ1) is 9.07. The van der Waals surface area contributed by atoms with Crippen molar-refractivity contribution in [3.8, 4) is 12.1 Å². The highest BCUT2D eigenvalue weighted by molar-refractivity contribution is 7.16. The number of hydrogen-bond acceptors (Lipinski definition) is 6. The second kappa shape index (κ2) is 5.85. The van der Waals surface area contributed by atoms with E-state index in [1.807, 2.05) is 0 Å². The van der Waals surface area contributed by atoms with E-state index in [-0.39, 0.29) is 0 Å². The zero-order chi connectivity index (χ0) is 13.9. The maximum atomic E-state index is 9.34. The molecule has 0 saturated carbocycles. The summed E-state index contributed by atoms with van der Waals surface area (Å²) in [5.74, 6) is 0. The van der Waals surface area contributed by atoms with Gasteiger partial charge in [0, 0.05) is 35.0 Å². The van der Waals surface area contributed by atoms with Gasteiger partial charge in [-0.1, -0.05) is 23.2 Å². The molecule has 0 amide bonds. The summed E-state index contributed by atoms with van der Waals surface area (Å²) in [6.45, 7) is 0. The van der Waals surface area contributed by atoms with Crippen LogP contribution in [0.1, 0.15) is 9.75 Å². The number of nitriles is 2. The average Bonchev–Trinajstić information content (AvgIpc) is 2.97. The summed E-state index contributed by atoms with van der Waals surface area (Å²) in [7, 11) is 0. The summed E-state index contributed by atoms with van der Waals surface area (Å²) >= 11 is 14.1. The smallest absolute Gasteiger partial charge is 0.183 e. The molecule has 0 atom stereocenters. The molecule has 0 bridgehead atoms. The Bertz CT molecular complexity index is 607. The largest absolute Gasteiger partial charge is 0.233 e. The van der Waals surface area contributed by atoms with Crippen molar-refractivity contribution < 1.29 is 0 Å². The van der Waals surface area contributed by atoms with Crippen molar-refractivity contribution in [2.75, 3.05) is 0 Å². The highest BCUT2D eigenvalue weighted by atomic mass is 35.5. The van der Waals surface area contributed by atoms with Crippen molar-refractivity contribution in [3.63, 3.8) is 0 Å². The second-order valence-electron chi connectivity index (χ2n) is 3.82. The molecule has 0 radical (unpaired) electrons. The number of thiazole rings is 2. The third-order valence-electron chi connectivity index (χ3n) is 2.43. The van der Waals surface area contributed by atoms with Gasteiger partial charge in [-0.15, -0.1) is 22.7 Å². The van der Waals surface area contributed by atoms with Gasteiger partial charge in [0.2, 0.25) is 0 Å². The zero-order valence-corrected chi connectivity index (χ0v) is 12.6. The Morgan fingerprint density at radius 2 is 1.42 bits per heavy atom. The van der Waals surface area contributed by atoms with E-state index in [2.05, 4.69) is 22.1 Å². The Morgan fingerprint density at radius 3 is 1.68 bits per heavy atom. The molecular formula is C11H6Cl2N4S2. The van der Waals surface area contributed by atoms with Gasteiger partial charge >= 0.3 is 0 Å². The highest BCUT2D eigenvalue weighted by Gasteiger charge is 2.32. The van der Waals surface area contributed by atoms with Gasteiger partial charge in [-0.05, 0) is 0 Å². The molecule has 96 valence electrons. The lowest BCUT2D eigenvalue weighted by Crippen LogP contribution is -2.21. The van der Waals surface area contributed by atoms with Gasteiger partial charge in [0.1, 0.15) is 0 Å². The highest BCUT2D eigenvalue weighted by Crippen LogP contribution is 2.32. The Morgan fingerprint density at radius 1 is 1.00 bits per heavy atom. The molecule has 4 nitrogen and oxygen atoms in total. The monoisotopic (exact) mass is 328 g/mol. The van der Waals surface area contributed by atoms with E-state index < -0.39 is 5.41 Å². The molecule has 0 saturated heterocycles. The SMILES string of the molecule is N#CC(C#N)(Cc1cnc(Cl)s1)Cc1cnc(Cl)s1. The topological polar surface area (TPSA) is 73.4 Å².